The van der Waals surface area contributed by atoms with Crippen LogP contribution >= 0.6 is 15.9 Å². The number of aromatic nitrogens is 2. The lowest BCUT2D eigenvalue weighted by atomic mass is 10.0. The van der Waals surface area contributed by atoms with Crippen molar-refractivity contribution in [1.82, 2.24) is 9.55 Å². The normalized spacial score (nSPS) is 11.5. The molecule has 150 valence electrons. The Morgan fingerprint density at radius 3 is 2.42 bits per heavy atom. The van der Waals surface area contributed by atoms with Crippen molar-refractivity contribution in [2.45, 2.75) is 6.92 Å². The number of aryl methyl sites for hydroxylation is 1. The van der Waals surface area contributed by atoms with Gasteiger partial charge >= 0.3 is 0 Å². The number of hydrogen-bond acceptors (Lipinski definition) is 2. The summed E-state index contributed by atoms with van der Waals surface area (Å²) in [6, 6.07) is 27.9. The number of para-hydroxylation sites is 1. The van der Waals surface area contributed by atoms with Crippen molar-refractivity contribution in [3.05, 3.63) is 117 Å². The Labute approximate surface area is 188 Å². The standard InChI is InChI=1S/C27H19BrN2O/c1-18-17-21(14-15-24(18)28)30-26(29-25-12-5-4-11-23(25)27(30)31)16-13-20-9-6-8-19-7-2-3-10-22(19)20/h2-17H,1H3/b16-13+. The van der Waals surface area contributed by atoms with Gasteiger partial charge in [0.05, 0.1) is 16.6 Å². The van der Waals surface area contributed by atoms with E-state index in [0.717, 1.165) is 26.7 Å². The van der Waals surface area contributed by atoms with Crippen molar-refractivity contribution >= 4 is 49.8 Å². The average Bonchev–Trinajstić information content (AvgIpc) is 2.80. The molecule has 0 amide bonds. The van der Waals surface area contributed by atoms with Gasteiger partial charge in [-0.1, -0.05) is 76.6 Å². The van der Waals surface area contributed by atoms with Gasteiger partial charge in [0.25, 0.3) is 5.56 Å². The fraction of sp³-hybridized carbons (Fsp3) is 0.0370. The molecule has 0 saturated heterocycles. The molecule has 0 fully saturated rings. The predicted molar refractivity (Wildman–Crippen MR) is 133 cm³/mol. The number of fused-ring (bicyclic) bond motifs is 2. The molecule has 0 aliphatic heterocycles. The van der Waals surface area contributed by atoms with Crippen LogP contribution in [-0.2, 0) is 0 Å². The van der Waals surface area contributed by atoms with Gasteiger partial charge in [-0.25, -0.2) is 4.98 Å². The molecule has 4 heteroatoms. The van der Waals surface area contributed by atoms with Crippen LogP contribution < -0.4 is 5.56 Å². The Morgan fingerprint density at radius 1 is 0.839 bits per heavy atom. The van der Waals surface area contributed by atoms with Crippen LogP contribution in [0.4, 0.5) is 0 Å². The molecule has 31 heavy (non-hydrogen) atoms. The lowest BCUT2D eigenvalue weighted by molar-refractivity contribution is 0.941. The zero-order valence-electron chi connectivity index (χ0n) is 16.9. The van der Waals surface area contributed by atoms with Crippen LogP contribution in [-0.4, -0.2) is 9.55 Å². The third-order valence-electron chi connectivity index (χ3n) is 5.44. The summed E-state index contributed by atoms with van der Waals surface area (Å²) in [6.07, 6.45) is 3.95. The lowest BCUT2D eigenvalue weighted by Crippen LogP contribution is -2.22. The average molecular weight is 467 g/mol. The van der Waals surface area contributed by atoms with E-state index in [9.17, 15) is 4.79 Å². The maximum atomic E-state index is 13.4. The van der Waals surface area contributed by atoms with Gasteiger partial charge in [0.2, 0.25) is 0 Å². The summed E-state index contributed by atoms with van der Waals surface area (Å²) in [5.41, 5.74) is 3.54. The molecule has 0 saturated carbocycles. The van der Waals surface area contributed by atoms with Gasteiger partial charge in [-0.15, -0.1) is 0 Å². The van der Waals surface area contributed by atoms with Crippen molar-refractivity contribution in [2.75, 3.05) is 0 Å². The van der Waals surface area contributed by atoms with E-state index in [1.54, 1.807) is 4.57 Å². The zero-order chi connectivity index (χ0) is 21.4. The van der Waals surface area contributed by atoms with Crippen LogP contribution in [0, 0.1) is 6.92 Å². The molecule has 3 nitrogen and oxygen atoms in total. The van der Waals surface area contributed by atoms with Gasteiger partial charge in [0, 0.05) is 4.47 Å². The molecule has 0 bridgehead atoms. The Kier molecular flexibility index (Phi) is 5.00. The van der Waals surface area contributed by atoms with Crippen LogP contribution in [0.15, 0.2) is 94.2 Å². The van der Waals surface area contributed by atoms with Crippen molar-refractivity contribution in [3.8, 4) is 5.69 Å². The lowest BCUT2D eigenvalue weighted by Gasteiger charge is -2.13. The highest BCUT2D eigenvalue weighted by Gasteiger charge is 2.12. The van der Waals surface area contributed by atoms with Gasteiger partial charge in [-0.05, 0) is 65.2 Å². The zero-order valence-corrected chi connectivity index (χ0v) is 18.5. The van der Waals surface area contributed by atoms with Crippen molar-refractivity contribution in [2.24, 2.45) is 0 Å². The maximum Gasteiger partial charge on any atom is 0.266 e. The van der Waals surface area contributed by atoms with Gasteiger partial charge in [0.15, 0.2) is 0 Å². The molecule has 1 aromatic heterocycles. The smallest absolute Gasteiger partial charge is 0.266 e. The van der Waals surface area contributed by atoms with Gasteiger partial charge in [0.1, 0.15) is 5.82 Å². The molecular weight excluding hydrogens is 448 g/mol. The molecule has 0 aliphatic carbocycles. The minimum absolute atomic E-state index is 0.0788. The molecule has 0 unspecified atom stereocenters. The first-order chi connectivity index (χ1) is 15.1. The van der Waals surface area contributed by atoms with E-state index in [2.05, 4.69) is 40.2 Å². The van der Waals surface area contributed by atoms with Crippen LogP contribution in [0.25, 0.3) is 39.5 Å². The summed E-state index contributed by atoms with van der Waals surface area (Å²) in [4.78, 5) is 18.3. The SMILES string of the molecule is Cc1cc(-n2c(/C=C/c3cccc4ccccc34)nc3ccccc3c2=O)ccc1Br. The van der Waals surface area contributed by atoms with Crippen LogP contribution in [0.5, 0.6) is 0 Å². The third kappa shape index (κ3) is 3.60. The first-order valence-corrected chi connectivity index (χ1v) is 10.9. The van der Waals surface area contributed by atoms with E-state index in [1.165, 1.54) is 5.39 Å². The second-order valence-electron chi connectivity index (χ2n) is 7.46. The quantitative estimate of drug-likeness (QED) is 0.293. The Hall–Kier alpha value is -3.50. The van der Waals surface area contributed by atoms with E-state index >= 15 is 0 Å². The molecular formula is C27H19BrN2O. The minimum Gasteiger partial charge on any atom is -0.268 e. The van der Waals surface area contributed by atoms with E-state index in [1.807, 2.05) is 79.7 Å². The highest BCUT2D eigenvalue weighted by Crippen LogP contribution is 2.23. The topological polar surface area (TPSA) is 34.9 Å². The summed E-state index contributed by atoms with van der Waals surface area (Å²) in [6.45, 7) is 2.01. The number of benzene rings is 4. The molecule has 0 aliphatic rings. The van der Waals surface area contributed by atoms with Crippen LogP contribution in [0.3, 0.4) is 0 Å². The first kappa shape index (κ1) is 19.5. The summed E-state index contributed by atoms with van der Waals surface area (Å²) in [5.74, 6) is 0.596. The predicted octanol–water partition coefficient (Wildman–Crippen LogP) is 6.78. The van der Waals surface area contributed by atoms with E-state index in [4.69, 9.17) is 4.98 Å². The maximum absolute atomic E-state index is 13.4. The molecule has 0 radical (unpaired) electrons. The summed E-state index contributed by atoms with van der Waals surface area (Å²) in [7, 11) is 0. The summed E-state index contributed by atoms with van der Waals surface area (Å²) in [5, 5.41) is 2.94. The highest BCUT2D eigenvalue weighted by molar-refractivity contribution is 9.10. The number of hydrogen-bond donors (Lipinski definition) is 0. The van der Waals surface area contributed by atoms with Gasteiger partial charge < -0.3 is 0 Å². The van der Waals surface area contributed by atoms with Gasteiger partial charge in [-0.3, -0.25) is 9.36 Å². The van der Waals surface area contributed by atoms with Gasteiger partial charge in [-0.2, -0.15) is 0 Å². The summed E-state index contributed by atoms with van der Waals surface area (Å²) < 4.78 is 2.69. The largest absolute Gasteiger partial charge is 0.268 e. The molecule has 0 spiro atoms. The molecule has 0 N–H and O–H groups in total. The Morgan fingerprint density at radius 2 is 1.58 bits per heavy atom. The molecule has 5 rings (SSSR count). The fourth-order valence-electron chi connectivity index (χ4n) is 3.84. The molecule has 1 heterocycles. The van der Waals surface area contributed by atoms with Crippen molar-refractivity contribution < 1.29 is 0 Å². The Bertz CT molecular complexity index is 1530. The van der Waals surface area contributed by atoms with Crippen molar-refractivity contribution in [1.29, 1.82) is 0 Å². The number of halogens is 1. The van der Waals surface area contributed by atoms with E-state index < -0.39 is 0 Å². The van der Waals surface area contributed by atoms with Crippen LogP contribution in [0.1, 0.15) is 17.0 Å². The molecule has 4 aromatic carbocycles. The second-order valence-corrected chi connectivity index (χ2v) is 8.32. The minimum atomic E-state index is -0.0788. The third-order valence-corrected chi connectivity index (χ3v) is 6.33. The monoisotopic (exact) mass is 466 g/mol. The summed E-state index contributed by atoms with van der Waals surface area (Å²) >= 11 is 3.55. The number of rotatable bonds is 3. The van der Waals surface area contributed by atoms with Crippen molar-refractivity contribution in [3.63, 3.8) is 0 Å². The molecule has 5 aromatic rings. The highest BCUT2D eigenvalue weighted by atomic mass is 79.9. The first-order valence-electron chi connectivity index (χ1n) is 10.1. The number of nitrogens with zero attached hydrogens (tertiary/aromatic N) is 2. The fourth-order valence-corrected chi connectivity index (χ4v) is 4.09. The Balaban J connectivity index is 1.74. The van der Waals surface area contributed by atoms with E-state index in [-0.39, 0.29) is 5.56 Å². The molecule has 0 atom stereocenters. The second kappa shape index (κ2) is 7.97. The van der Waals surface area contributed by atoms with Crippen LogP contribution in [0.2, 0.25) is 0 Å². The van der Waals surface area contributed by atoms with E-state index in [0.29, 0.717) is 16.7 Å².